The molecule has 0 saturated carbocycles. The van der Waals surface area contributed by atoms with Gasteiger partial charge in [-0.2, -0.15) is 0 Å². The van der Waals surface area contributed by atoms with Gasteiger partial charge in [-0.1, -0.05) is 12.1 Å². The van der Waals surface area contributed by atoms with Crippen molar-refractivity contribution in [3.8, 4) is 0 Å². The highest BCUT2D eigenvalue weighted by Gasteiger charge is 2.23. The first-order valence-corrected chi connectivity index (χ1v) is 9.09. The van der Waals surface area contributed by atoms with Gasteiger partial charge < -0.3 is 15.4 Å². The first-order valence-electron chi connectivity index (χ1n) is 7.61. The summed E-state index contributed by atoms with van der Waals surface area (Å²) < 4.78 is 31.3. The fourth-order valence-electron chi connectivity index (χ4n) is 2.47. The van der Waals surface area contributed by atoms with Gasteiger partial charge in [0.05, 0.1) is 17.0 Å². The van der Waals surface area contributed by atoms with Crippen LogP contribution in [0.3, 0.4) is 0 Å². The summed E-state index contributed by atoms with van der Waals surface area (Å²) in [6.07, 6.45) is 2.03. The number of carbonyl (C=O) groups excluding carboxylic acids is 1. The molecule has 1 aliphatic heterocycles. The third kappa shape index (κ3) is 4.92. The first kappa shape index (κ1) is 17.7. The Morgan fingerprint density at radius 3 is 2.87 bits per heavy atom. The second kappa shape index (κ2) is 7.76. The van der Waals surface area contributed by atoms with Crippen molar-refractivity contribution < 1.29 is 17.9 Å². The van der Waals surface area contributed by atoms with E-state index in [2.05, 4.69) is 15.4 Å². The van der Waals surface area contributed by atoms with E-state index in [0.717, 1.165) is 19.4 Å². The summed E-state index contributed by atoms with van der Waals surface area (Å²) in [7, 11) is -2.12. The molecule has 128 valence electrons. The van der Waals surface area contributed by atoms with Crippen molar-refractivity contribution in [3.63, 3.8) is 0 Å². The first-order chi connectivity index (χ1) is 10.9. The van der Waals surface area contributed by atoms with Crippen LogP contribution in [0.15, 0.2) is 29.2 Å². The Morgan fingerprint density at radius 2 is 2.22 bits per heavy atom. The Bertz CT molecular complexity index is 642. The second-order valence-corrected chi connectivity index (χ2v) is 7.41. The summed E-state index contributed by atoms with van der Waals surface area (Å²) >= 11 is 0. The summed E-state index contributed by atoms with van der Waals surface area (Å²) in [6.45, 7) is 2.90. The zero-order valence-corrected chi connectivity index (χ0v) is 14.2. The number of benzene rings is 1. The smallest absolute Gasteiger partial charge is 0.315 e. The number of hydrogen-bond donors (Lipinski definition) is 3. The summed E-state index contributed by atoms with van der Waals surface area (Å²) in [5, 5.41) is 5.57. The Labute approximate surface area is 136 Å². The van der Waals surface area contributed by atoms with Crippen molar-refractivity contribution >= 4 is 16.1 Å². The number of ether oxygens (including phenoxy) is 1. The predicted molar refractivity (Wildman–Crippen MR) is 86.5 cm³/mol. The van der Waals surface area contributed by atoms with Crippen molar-refractivity contribution in [2.45, 2.75) is 43.4 Å². The van der Waals surface area contributed by atoms with Crippen LogP contribution >= 0.6 is 0 Å². The number of rotatable bonds is 6. The summed E-state index contributed by atoms with van der Waals surface area (Å²) in [4.78, 5) is 12.1. The molecule has 2 atom stereocenters. The van der Waals surface area contributed by atoms with E-state index >= 15 is 0 Å². The standard InChI is InChI=1S/C15H23N3O4S/c1-11(14-7-4-8-22-14)18-15(19)17-10-12-5-3-6-13(9-12)23(20,21)16-2/h3,5-6,9,11,14,16H,4,7-8,10H2,1-2H3,(H2,17,18,19)/t11-,14-/m1/s1. The predicted octanol–water partition coefficient (Wildman–Crippen LogP) is 0.961. The van der Waals surface area contributed by atoms with Gasteiger partial charge in [-0.25, -0.2) is 17.9 Å². The van der Waals surface area contributed by atoms with E-state index in [0.29, 0.717) is 5.56 Å². The second-order valence-electron chi connectivity index (χ2n) is 5.52. The fourth-order valence-corrected chi connectivity index (χ4v) is 3.27. The number of sulfonamides is 1. The molecular weight excluding hydrogens is 318 g/mol. The monoisotopic (exact) mass is 341 g/mol. The highest BCUT2D eigenvalue weighted by Crippen LogP contribution is 2.15. The number of carbonyl (C=O) groups is 1. The van der Waals surface area contributed by atoms with Gasteiger partial charge in [0, 0.05) is 13.2 Å². The molecule has 0 spiro atoms. The summed E-state index contributed by atoms with van der Waals surface area (Å²) in [5.41, 5.74) is 0.709. The lowest BCUT2D eigenvalue weighted by Gasteiger charge is -2.20. The minimum absolute atomic E-state index is 0.0600. The highest BCUT2D eigenvalue weighted by atomic mass is 32.2. The third-order valence-corrected chi connectivity index (χ3v) is 5.22. The average Bonchev–Trinajstić information content (AvgIpc) is 3.08. The maximum atomic E-state index is 11.9. The largest absolute Gasteiger partial charge is 0.376 e. The van der Waals surface area contributed by atoms with Crippen molar-refractivity contribution in [2.75, 3.05) is 13.7 Å². The van der Waals surface area contributed by atoms with Gasteiger partial charge in [-0.05, 0) is 44.5 Å². The molecule has 7 nitrogen and oxygen atoms in total. The van der Waals surface area contributed by atoms with Gasteiger partial charge in [0.1, 0.15) is 0 Å². The summed E-state index contributed by atoms with van der Waals surface area (Å²) in [6, 6.07) is 6.10. The lowest BCUT2D eigenvalue weighted by molar-refractivity contribution is 0.0860. The topological polar surface area (TPSA) is 96.5 Å². The van der Waals surface area contributed by atoms with E-state index in [9.17, 15) is 13.2 Å². The Kier molecular flexibility index (Phi) is 5.97. The van der Waals surface area contributed by atoms with Crippen LogP contribution in [-0.2, 0) is 21.3 Å². The SMILES string of the molecule is CNS(=O)(=O)c1cccc(CNC(=O)N[C@H](C)[C@H]2CCCO2)c1. The number of nitrogens with one attached hydrogen (secondary N) is 3. The molecule has 1 heterocycles. The van der Waals surface area contributed by atoms with Crippen LogP contribution in [0.1, 0.15) is 25.3 Å². The minimum Gasteiger partial charge on any atom is -0.376 e. The molecule has 1 saturated heterocycles. The van der Waals surface area contributed by atoms with E-state index in [1.807, 2.05) is 6.92 Å². The number of urea groups is 1. The lowest BCUT2D eigenvalue weighted by atomic mass is 10.1. The Balaban J connectivity index is 1.88. The highest BCUT2D eigenvalue weighted by molar-refractivity contribution is 7.89. The van der Waals surface area contributed by atoms with E-state index in [1.54, 1.807) is 12.1 Å². The number of amides is 2. The van der Waals surface area contributed by atoms with Crippen molar-refractivity contribution in [1.29, 1.82) is 0 Å². The van der Waals surface area contributed by atoms with Crippen LogP contribution in [0, 0.1) is 0 Å². The van der Waals surface area contributed by atoms with E-state index in [1.165, 1.54) is 19.2 Å². The molecule has 3 N–H and O–H groups in total. The van der Waals surface area contributed by atoms with E-state index in [-0.39, 0.29) is 29.6 Å². The van der Waals surface area contributed by atoms with Crippen LogP contribution < -0.4 is 15.4 Å². The molecule has 0 aliphatic carbocycles. The maximum absolute atomic E-state index is 11.9. The van der Waals surface area contributed by atoms with Crippen LogP contribution in [0.4, 0.5) is 4.79 Å². The van der Waals surface area contributed by atoms with Gasteiger partial charge in [-0.15, -0.1) is 0 Å². The van der Waals surface area contributed by atoms with Gasteiger partial charge in [0.25, 0.3) is 0 Å². The average molecular weight is 341 g/mol. The van der Waals surface area contributed by atoms with Gasteiger partial charge in [0.2, 0.25) is 10.0 Å². The maximum Gasteiger partial charge on any atom is 0.315 e. The molecule has 0 radical (unpaired) electrons. The molecule has 1 aliphatic rings. The Morgan fingerprint density at radius 1 is 1.43 bits per heavy atom. The zero-order valence-electron chi connectivity index (χ0n) is 13.3. The molecule has 1 fully saturated rings. The molecule has 8 heteroatoms. The minimum atomic E-state index is -3.48. The van der Waals surface area contributed by atoms with Crippen molar-refractivity contribution in [1.82, 2.24) is 15.4 Å². The molecule has 2 rings (SSSR count). The molecule has 0 bridgehead atoms. The lowest BCUT2D eigenvalue weighted by Crippen LogP contribution is -2.45. The molecule has 2 amide bonds. The zero-order chi connectivity index (χ0) is 16.9. The van der Waals surface area contributed by atoms with E-state index < -0.39 is 10.0 Å². The fraction of sp³-hybridized carbons (Fsp3) is 0.533. The quantitative estimate of drug-likeness (QED) is 0.718. The number of hydrogen-bond acceptors (Lipinski definition) is 4. The summed E-state index contributed by atoms with van der Waals surface area (Å²) in [5.74, 6) is 0. The van der Waals surface area contributed by atoms with Crippen LogP contribution in [0.5, 0.6) is 0 Å². The van der Waals surface area contributed by atoms with E-state index in [4.69, 9.17) is 4.74 Å². The van der Waals surface area contributed by atoms with Crippen LogP contribution in [0.2, 0.25) is 0 Å². The molecule has 1 aromatic carbocycles. The van der Waals surface area contributed by atoms with Gasteiger partial charge in [0.15, 0.2) is 0 Å². The van der Waals surface area contributed by atoms with Crippen LogP contribution in [-0.4, -0.2) is 40.2 Å². The van der Waals surface area contributed by atoms with Crippen molar-refractivity contribution in [2.24, 2.45) is 0 Å². The molecular formula is C15H23N3O4S. The third-order valence-electron chi connectivity index (χ3n) is 3.81. The molecule has 1 aromatic rings. The van der Waals surface area contributed by atoms with Gasteiger partial charge in [-0.3, -0.25) is 0 Å². The normalized spacial score (nSPS) is 19.3. The van der Waals surface area contributed by atoms with Crippen LogP contribution in [0.25, 0.3) is 0 Å². The molecule has 0 unspecified atom stereocenters. The Hall–Kier alpha value is -1.64. The molecule has 23 heavy (non-hydrogen) atoms. The molecule has 0 aromatic heterocycles. The van der Waals surface area contributed by atoms with Crippen molar-refractivity contribution in [3.05, 3.63) is 29.8 Å². The van der Waals surface area contributed by atoms with Gasteiger partial charge >= 0.3 is 6.03 Å².